The highest BCUT2D eigenvalue weighted by atomic mass is 16.5. The SMILES string of the molecule is O=C(C[C@H]1OC(=O)c2ccccc21)NCc1ccc(-n2cccn2)nc1. The molecule has 0 fully saturated rings. The summed E-state index contributed by atoms with van der Waals surface area (Å²) in [4.78, 5) is 28.3. The highest BCUT2D eigenvalue weighted by Gasteiger charge is 2.31. The van der Waals surface area contributed by atoms with Gasteiger partial charge in [0.1, 0.15) is 6.10 Å². The third kappa shape index (κ3) is 3.19. The number of nitrogens with zero attached hydrogens (tertiary/aromatic N) is 3. The fourth-order valence-electron chi connectivity index (χ4n) is 2.87. The topological polar surface area (TPSA) is 86.1 Å². The Morgan fingerprint density at radius 3 is 2.85 bits per heavy atom. The van der Waals surface area contributed by atoms with E-state index in [1.807, 2.05) is 36.5 Å². The van der Waals surface area contributed by atoms with Gasteiger partial charge in [0.15, 0.2) is 5.82 Å². The first-order valence-corrected chi connectivity index (χ1v) is 8.22. The van der Waals surface area contributed by atoms with Crippen molar-refractivity contribution in [3.8, 4) is 5.82 Å². The number of nitrogens with one attached hydrogen (secondary N) is 1. The number of rotatable bonds is 5. The molecule has 3 heterocycles. The van der Waals surface area contributed by atoms with Gasteiger partial charge in [-0.15, -0.1) is 0 Å². The number of carbonyl (C=O) groups is 2. The van der Waals surface area contributed by atoms with Gasteiger partial charge in [0.2, 0.25) is 5.91 Å². The Morgan fingerprint density at radius 2 is 2.08 bits per heavy atom. The van der Waals surface area contributed by atoms with E-state index < -0.39 is 6.10 Å². The van der Waals surface area contributed by atoms with E-state index in [1.54, 1.807) is 29.2 Å². The van der Waals surface area contributed by atoms with Crippen molar-refractivity contribution in [2.24, 2.45) is 0 Å². The van der Waals surface area contributed by atoms with Crippen LogP contribution >= 0.6 is 0 Å². The van der Waals surface area contributed by atoms with Crippen LogP contribution < -0.4 is 5.32 Å². The van der Waals surface area contributed by atoms with Crippen molar-refractivity contribution in [1.29, 1.82) is 0 Å². The number of amides is 1. The molecule has 1 atom stereocenters. The molecular formula is C19H16N4O3. The molecule has 1 N–H and O–H groups in total. The molecule has 0 saturated carbocycles. The first-order chi connectivity index (χ1) is 12.7. The van der Waals surface area contributed by atoms with Crippen LogP contribution in [0.1, 0.15) is 34.0 Å². The molecule has 26 heavy (non-hydrogen) atoms. The maximum Gasteiger partial charge on any atom is 0.339 e. The van der Waals surface area contributed by atoms with Gasteiger partial charge in [-0.2, -0.15) is 5.10 Å². The second-order valence-electron chi connectivity index (χ2n) is 5.94. The first kappa shape index (κ1) is 16.0. The summed E-state index contributed by atoms with van der Waals surface area (Å²) in [7, 11) is 0. The normalized spacial score (nSPS) is 15.4. The smallest absolute Gasteiger partial charge is 0.339 e. The van der Waals surface area contributed by atoms with Crippen molar-refractivity contribution in [1.82, 2.24) is 20.1 Å². The number of hydrogen-bond donors (Lipinski definition) is 1. The third-order valence-corrected chi connectivity index (χ3v) is 4.19. The Kier molecular flexibility index (Phi) is 4.18. The summed E-state index contributed by atoms with van der Waals surface area (Å²) in [5.74, 6) is 0.145. The summed E-state index contributed by atoms with van der Waals surface area (Å²) >= 11 is 0. The lowest BCUT2D eigenvalue weighted by molar-refractivity contribution is -0.123. The average molecular weight is 348 g/mol. The van der Waals surface area contributed by atoms with Gasteiger partial charge in [-0.05, 0) is 23.8 Å². The predicted octanol–water partition coefficient (Wildman–Crippen LogP) is 2.19. The Bertz CT molecular complexity index is 936. The second-order valence-corrected chi connectivity index (χ2v) is 5.94. The van der Waals surface area contributed by atoms with Gasteiger partial charge >= 0.3 is 5.97 Å². The number of hydrogen-bond acceptors (Lipinski definition) is 5. The fraction of sp³-hybridized carbons (Fsp3) is 0.158. The number of pyridine rings is 1. The van der Waals surface area contributed by atoms with Crippen LogP contribution in [-0.2, 0) is 16.1 Å². The van der Waals surface area contributed by atoms with Crippen LogP contribution in [0.2, 0.25) is 0 Å². The molecule has 1 aliphatic heterocycles. The molecule has 1 amide bonds. The van der Waals surface area contributed by atoms with Crippen molar-refractivity contribution in [3.05, 3.63) is 77.7 Å². The van der Waals surface area contributed by atoms with E-state index in [2.05, 4.69) is 15.4 Å². The maximum absolute atomic E-state index is 12.2. The molecule has 0 unspecified atom stereocenters. The number of cyclic esters (lactones) is 1. The lowest BCUT2D eigenvalue weighted by Crippen LogP contribution is -2.24. The van der Waals surface area contributed by atoms with E-state index in [0.717, 1.165) is 11.1 Å². The van der Waals surface area contributed by atoms with Crippen LogP contribution in [0.15, 0.2) is 61.1 Å². The first-order valence-electron chi connectivity index (χ1n) is 8.22. The van der Waals surface area contributed by atoms with Gasteiger partial charge in [-0.3, -0.25) is 4.79 Å². The number of carbonyl (C=O) groups excluding carboxylic acids is 2. The van der Waals surface area contributed by atoms with Crippen molar-refractivity contribution in [3.63, 3.8) is 0 Å². The van der Waals surface area contributed by atoms with Gasteiger partial charge in [-0.25, -0.2) is 14.5 Å². The zero-order valence-electron chi connectivity index (χ0n) is 13.8. The van der Waals surface area contributed by atoms with Gasteiger partial charge in [0.25, 0.3) is 0 Å². The number of aromatic nitrogens is 3. The van der Waals surface area contributed by atoms with E-state index in [-0.39, 0.29) is 18.3 Å². The minimum absolute atomic E-state index is 0.0988. The predicted molar refractivity (Wildman–Crippen MR) is 92.4 cm³/mol. The summed E-state index contributed by atoms with van der Waals surface area (Å²) < 4.78 is 6.95. The molecule has 0 bridgehead atoms. The number of benzene rings is 1. The van der Waals surface area contributed by atoms with E-state index in [1.165, 1.54) is 0 Å². The van der Waals surface area contributed by atoms with Crippen molar-refractivity contribution < 1.29 is 14.3 Å². The second kappa shape index (κ2) is 6.79. The minimum Gasteiger partial charge on any atom is -0.453 e. The molecule has 0 aliphatic carbocycles. The Labute approximate surface area is 149 Å². The number of fused-ring (bicyclic) bond motifs is 1. The van der Waals surface area contributed by atoms with Gasteiger partial charge in [0, 0.05) is 30.7 Å². The summed E-state index contributed by atoms with van der Waals surface area (Å²) in [6, 6.07) is 12.7. The highest BCUT2D eigenvalue weighted by molar-refractivity contribution is 5.94. The average Bonchev–Trinajstić information content (AvgIpc) is 3.30. The van der Waals surface area contributed by atoms with E-state index in [0.29, 0.717) is 17.9 Å². The van der Waals surface area contributed by atoms with Crippen LogP contribution in [0.5, 0.6) is 0 Å². The van der Waals surface area contributed by atoms with Crippen LogP contribution in [-0.4, -0.2) is 26.6 Å². The van der Waals surface area contributed by atoms with Gasteiger partial charge in [-0.1, -0.05) is 24.3 Å². The molecule has 2 aromatic heterocycles. The fourth-order valence-corrected chi connectivity index (χ4v) is 2.87. The Hall–Kier alpha value is -3.48. The molecular weight excluding hydrogens is 332 g/mol. The maximum atomic E-state index is 12.2. The lowest BCUT2D eigenvalue weighted by atomic mass is 10.0. The molecule has 0 radical (unpaired) electrons. The Balaban J connectivity index is 1.34. The zero-order valence-corrected chi connectivity index (χ0v) is 13.8. The minimum atomic E-state index is -0.529. The monoisotopic (exact) mass is 348 g/mol. The quantitative estimate of drug-likeness (QED) is 0.714. The molecule has 4 rings (SSSR count). The van der Waals surface area contributed by atoms with E-state index in [4.69, 9.17) is 4.74 Å². The van der Waals surface area contributed by atoms with Crippen LogP contribution in [0.4, 0.5) is 0 Å². The van der Waals surface area contributed by atoms with Crippen LogP contribution in [0.3, 0.4) is 0 Å². The molecule has 0 spiro atoms. The van der Waals surface area contributed by atoms with E-state index >= 15 is 0 Å². The summed E-state index contributed by atoms with van der Waals surface area (Å²) in [6.07, 6.45) is 4.76. The molecule has 7 heteroatoms. The van der Waals surface area contributed by atoms with Crippen molar-refractivity contribution >= 4 is 11.9 Å². The summed E-state index contributed by atoms with van der Waals surface area (Å²) in [5.41, 5.74) is 2.17. The van der Waals surface area contributed by atoms with Crippen molar-refractivity contribution in [2.45, 2.75) is 19.1 Å². The molecule has 3 aromatic rings. The Morgan fingerprint density at radius 1 is 1.19 bits per heavy atom. The molecule has 0 saturated heterocycles. The largest absolute Gasteiger partial charge is 0.453 e. The zero-order chi connectivity index (χ0) is 17.9. The molecule has 1 aromatic carbocycles. The molecule has 130 valence electrons. The van der Waals surface area contributed by atoms with Gasteiger partial charge in [0.05, 0.1) is 12.0 Å². The summed E-state index contributed by atoms with van der Waals surface area (Å²) in [5, 5.41) is 6.95. The lowest BCUT2D eigenvalue weighted by Gasteiger charge is -2.11. The molecule has 1 aliphatic rings. The number of esters is 1. The number of ether oxygens (including phenoxy) is 1. The highest BCUT2D eigenvalue weighted by Crippen LogP contribution is 2.32. The summed E-state index contributed by atoms with van der Waals surface area (Å²) in [6.45, 7) is 0.355. The molecule has 7 nitrogen and oxygen atoms in total. The standard InChI is InChI=1S/C19H16N4O3/c24-18(10-16-14-4-1-2-5-15(14)19(25)26-16)21-12-13-6-7-17(20-11-13)23-9-3-8-22-23/h1-9,11,16H,10,12H2,(H,21,24)/t16-/m1/s1. The third-order valence-electron chi connectivity index (χ3n) is 4.19. The van der Waals surface area contributed by atoms with Crippen LogP contribution in [0, 0.1) is 0 Å². The van der Waals surface area contributed by atoms with Gasteiger partial charge < -0.3 is 10.1 Å². The van der Waals surface area contributed by atoms with Crippen LogP contribution in [0.25, 0.3) is 5.82 Å². The van der Waals surface area contributed by atoms with E-state index in [9.17, 15) is 9.59 Å². The van der Waals surface area contributed by atoms with Crippen molar-refractivity contribution in [2.75, 3.05) is 0 Å².